The van der Waals surface area contributed by atoms with Gasteiger partial charge in [-0.3, -0.25) is 0 Å². The van der Waals surface area contributed by atoms with E-state index < -0.39 is 0 Å². The van der Waals surface area contributed by atoms with Crippen molar-refractivity contribution in [3.05, 3.63) is 4.91 Å². The Balaban J connectivity index is 2.40. The molecule has 1 saturated heterocycles. The van der Waals surface area contributed by atoms with Gasteiger partial charge in [0.25, 0.3) is 0 Å². The zero-order valence-corrected chi connectivity index (χ0v) is 4.56. The Kier molecular flexibility index (Phi) is 1.16. The van der Waals surface area contributed by atoms with Crippen LogP contribution in [0.15, 0.2) is 0 Å². The van der Waals surface area contributed by atoms with Gasteiger partial charge < -0.3 is 0 Å². The Morgan fingerprint density at radius 1 is 1.86 bits per heavy atom. The van der Waals surface area contributed by atoms with Crippen LogP contribution in [0.25, 0.3) is 0 Å². The first-order valence-electron chi connectivity index (χ1n) is 1.96. The number of nitrogens with one attached hydrogen (secondary N) is 1. The van der Waals surface area contributed by atoms with Crippen LogP contribution in [0, 0.1) is 4.91 Å². The second-order valence-corrected chi connectivity index (χ2v) is 1.81. The second kappa shape index (κ2) is 1.67. The predicted octanol–water partition coefficient (Wildman–Crippen LogP) is -0.655. The summed E-state index contributed by atoms with van der Waals surface area (Å²) in [5.74, 6) is 0. The van der Waals surface area contributed by atoms with Gasteiger partial charge in [0.1, 0.15) is 11.4 Å². The molecule has 0 radical (unpaired) electrons. The number of nitrogens with zero attached hydrogens (tertiary/aromatic N) is 2. The quantitative estimate of drug-likeness (QED) is 0.329. The van der Waals surface area contributed by atoms with Gasteiger partial charge in [-0.15, -0.1) is 4.41 Å². The number of thiol groups is 1. The molecule has 1 fully saturated rings. The normalized spacial score (nSPS) is 22.7. The Morgan fingerprint density at radius 3 is 2.71 bits per heavy atom. The highest BCUT2D eigenvalue weighted by Crippen LogP contribution is 1.92. The summed E-state index contributed by atoms with van der Waals surface area (Å²) in [4.78, 5) is 10.9. The maximum absolute atomic E-state index is 10.2. The Bertz CT molecular complexity index is 94.9. The standard InChI is InChI=1S/C2H6N3OS/c6-4-1-2-5(7)3-4/h1-2H2,(H2,3,6,7)/q+1. The van der Waals surface area contributed by atoms with Crippen molar-refractivity contribution in [3.63, 3.8) is 0 Å². The monoisotopic (exact) mass is 120 g/mol. The number of nitroso groups, excluding NO2 is 1. The molecule has 1 aliphatic heterocycles. The van der Waals surface area contributed by atoms with Gasteiger partial charge in [0.2, 0.25) is 6.54 Å². The lowest BCUT2D eigenvalue weighted by molar-refractivity contribution is -0.597. The summed E-state index contributed by atoms with van der Waals surface area (Å²) in [5.41, 5.74) is 2.39. The van der Waals surface area contributed by atoms with Crippen molar-refractivity contribution in [2.75, 3.05) is 13.1 Å². The van der Waals surface area contributed by atoms with Crippen molar-refractivity contribution >= 4 is 12.8 Å². The van der Waals surface area contributed by atoms with E-state index in [4.69, 9.17) is 0 Å². The van der Waals surface area contributed by atoms with E-state index in [2.05, 4.69) is 18.3 Å². The van der Waals surface area contributed by atoms with Crippen LogP contribution in [0.1, 0.15) is 0 Å². The highest BCUT2D eigenvalue weighted by atomic mass is 32.1. The van der Waals surface area contributed by atoms with Gasteiger partial charge in [-0.25, -0.2) is 0 Å². The molecule has 0 amide bonds. The lowest BCUT2D eigenvalue weighted by atomic mass is 10.7. The molecule has 1 heterocycles. The predicted molar refractivity (Wildman–Crippen MR) is 27.3 cm³/mol. The van der Waals surface area contributed by atoms with Gasteiger partial charge in [0, 0.05) is 0 Å². The molecule has 4 nitrogen and oxygen atoms in total. The molecule has 0 aromatic carbocycles. The van der Waals surface area contributed by atoms with Crippen molar-refractivity contribution in [2.45, 2.75) is 0 Å². The van der Waals surface area contributed by atoms with Crippen molar-refractivity contribution in [1.29, 1.82) is 0 Å². The summed E-state index contributed by atoms with van der Waals surface area (Å²) in [5, 5.41) is 0. The maximum atomic E-state index is 10.2. The van der Waals surface area contributed by atoms with Crippen LogP contribution in [-0.2, 0) is 0 Å². The fourth-order valence-electron chi connectivity index (χ4n) is 0.414. The molecule has 0 atom stereocenters. The minimum atomic E-state index is 0.490. The van der Waals surface area contributed by atoms with E-state index in [-0.39, 0.29) is 0 Å². The smallest absolute Gasteiger partial charge is 0.110 e. The van der Waals surface area contributed by atoms with Crippen LogP contribution in [0.5, 0.6) is 0 Å². The average molecular weight is 120 g/mol. The molecule has 40 valence electrons. The minimum absolute atomic E-state index is 0.490. The van der Waals surface area contributed by atoms with Crippen LogP contribution < -0.4 is 5.53 Å². The molecule has 1 aliphatic rings. The third-order valence-corrected chi connectivity index (χ3v) is 1.03. The summed E-state index contributed by atoms with van der Waals surface area (Å²) in [6.07, 6.45) is 0. The summed E-state index contributed by atoms with van der Waals surface area (Å²) < 4.78 is 1.44. The molecule has 7 heavy (non-hydrogen) atoms. The van der Waals surface area contributed by atoms with Gasteiger partial charge >= 0.3 is 0 Å². The lowest BCUT2D eigenvalue weighted by Crippen LogP contribution is -2.25. The fourth-order valence-corrected chi connectivity index (χ4v) is 0.603. The third kappa shape index (κ3) is 1.04. The number of hydrazine groups is 2. The third-order valence-electron chi connectivity index (χ3n) is 0.742. The molecule has 0 aliphatic carbocycles. The molecular weight excluding hydrogens is 114 g/mol. The van der Waals surface area contributed by atoms with Gasteiger partial charge in [-0.05, 0) is 0 Å². The van der Waals surface area contributed by atoms with Crippen molar-refractivity contribution in [3.8, 4) is 0 Å². The molecule has 0 spiro atoms. The number of hydrogen-bond donors (Lipinski definition) is 2. The highest BCUT2D eigenvalue weighted by Gasteiger charge is 2.21. The summed E-state index contributed by atoms with van der Waals surface area (Å²) in [6, 6.07) is 0. The van der Waals surface area contributed by atoms with E-state index in [0.29, 0.717) is 13.1 Å². The first kappa shape index (κ1) is 4.86. The van der Waals surface area contributed by atoms with E-state index >= 15 is 0 Å². The van der Waals surface area contributed by atoms with Crippen molar-refractivity contribution < 1.29 is 4.87 Å². The summed E-state index contributed by atoms with van der Waals surface area (Å²) in [6.45, 7) is 1.16. The summed E-state index contributed by atoms with van der Waals surface area (Å²) >= 11 is 3.83. The van der Waals surface area contributed by atoms with E-state index in [1.807, 2.05) is 0 Å². The number of hydrogen-bond acceptors (Lipinski definition) is 3. The topological polar surface area (TPSA) is 35.4 Å². The number of rotatable bonds is 0. The molecule has 0 unspecified atom stereocenters. The zero-order chi connectivity index (χ0) is 5.28. The lowest BCUT2D eigenvalue weighted by Gasteiger charge is -1.92. The minimum Gasteiger partial charge on any atom is -0.110 e. The molecule has 1 N–H and O–H groups in total. The highest BCUT2D eigenvalue weighted by molar-refractivity contribution is 7.77. The van der Waals surface area contributed by atoms with E-state index in [1.165, 1.54) is 4.41 Å². The molecular formula is C2H6N3OS+. The van der Waals surface area contributed by atoms with Crippen LogP contribution >= 0.6 is 12.8 Å². The molecule has 0 aromatic heterocycles. The van der Waals surface area contributed by atoms with Crippen molar-refractivity contribution in [1.82, 2.24) is 9.95 Å². The fraction of sp³-hybridized carbons (Fsp3) is 1.00. The van der Waals surface area contributed by atoms with E-state index in [1.54, 1.807) is 0 Å². The Labute approximate surface area is 46.5 Å². The maximum Gasteiger partial charge on any atom is 0.242 e. The van der Waals surface area contributed by atoms with Crippen LogP contribution in [0.4, 0.5) is 0 Å². The molecule has 0 bridgehead atoms. The van der Waals surface area contributed by atoms with Gasteiger partial charge in [-0.1, -0.05) is 18.3 Å². The summed E-state index contributed by atoms with van der Waals surface area (Å²) in [7, 11) is 0. The van der Waals surface area contributed by atoms with Crippen LogP contribution in [0.2, 0.25) is 0 Å². The van der Waals surface area contributed by atoms with E-state index in [0.717, 1.165) is 4.87 Å². The van der Waals surface area contributed by atoms with Crippen LogP contribution in [-0.4, -0.2) is 22.4 Å². The van der Waals surface area contributed by atoms with Crippen LogP contribution in [0.3, 0.4) is 0 Å². The van der Waals surface area contributed by atoms with Gasteiger partial charge in [0.05, 0.1) is 4.91 Å². The molecule has 0 saturated carbocycles. The molecule has 1 rings (SSSR count). The zero-order valence-electron chi connectivity index (χ0n) is 3.66. The van der Waals surface area contributed by atoms with E-state index in [9.17, 15) is 4.91 Å². The Morgan fingerprint density at radius 2 is 2.57 bits per heavy atom. The SMILES string of the molecule is O=[N+]1CCN(S)N1. The van der Waals surface area contributed by atoms with Gasteiger partial charge in [0.15, 0.2) is 0 Å². The Hall–Kier alpha value is -0.290. The average Bonchev–Trinajstić information content (AvgIpc) is 1.87. The second-order valence-electron chi connectivity index (χ2n) is 1.33. The largest absolute Gasteiger partial charge is 0.242 e. The van der Waals surface area contributed by atoms with Gasteiger partial charge in [-0.2, -0.15) is 0 Å². The van der Waals surface area contributed by atoms with Crippen molar-refractivity contribution in [2.24, 2.45) is 0 Å². The first-order chi connectivity index (χ1) is 3.29. The molecule has 5 heteroatoms. The molecule has 0 aromatic rings. The first-order valence-corrected chi connectivity index (χ1v) is 2.36.